The minimum absolute atomic E-state index is 0.116. The second-order valence-corrected chi connectivity index (χ2v) is 8.41. The average molecular weight is 371 g/mol. The zero-order valence-corrected chi connectivity index (χ0v) is 12.8. The maximum atomic E-state index is 11.6. The molecule has 19 heavy (non-hydrogen) atoms. The summed E-state index contributed by atoms with van der Waals surface area (Å²) in [6.45, 7) is 0. The number of rotatable bonds is 4. The first-order valence-electron chi connectivity index (χ1n) is 4.35. The van der Waals surface area contributed by atoms with Crippen LogP contribution in [-0.2, 0) is 9.13 Å². The number of aliphatic hydroxyl groups is 1. The Hall–Kier alpha value is 0.190. The van der Waals surface area contributed by atoms with Crippen LogP contribution in [0.3, 0.4) is 0 Å². The van der Waals surface area contributed by atoms with E-state index in [-0.39, 0.29) is 15.1 Å². The van der Waals surface area contributed by atoms with E-state index < -0.39 is 26.5 Å². The minimum atomic E-state index is -5.25. The van der Waals surface area contributed by atoms with Gasteiger partial charge < -0.3 is 24.3 Å². The molecule has 0 aliphatic carbocycles. The number of hydrogen-bond acceptors (Lipinski definition) is 4. The van der Waals surface area contributed by atoms with Gasteiger partial charge >= 0.3 is 15.2 Å². The molecule has 0 saturated heterocycles. The van der Waals surface area contributed by atoms with Crippen molar-refractivity contribution in [1.82, 2.24) is 0 Å². The summed E-state index contributed by atoms with van der Waals surface area (Å²) in [5.41, 5.74) is -2.91. The van der Waals surface area contributed by atoms with Crippen LogP contribution in [0.15, 0.2) is 12.1 Å². The average Bonchev–Trinajstić information content (AvgIpc) is 2.21. The van der Waals surface area contributed by atoms with Crippen molar-refractivity contribution in [2.75, 3.05) is 0 Å². The van der Waals surface area contributed by atoms with Crippen LogP contribution in [0.25, 0.3) is 0 Å². The normalized spacial score (nSPS) is 16.8. The standard InChI is InChI=1S/C7H7Cl3O7P2/c8-3-1-4(9)6(5(10)2-3)17-19(15,16)7(11)18(12,13)14/h1-2,7,11H,(H,15,16)(H2,12,13,14). The van der Waals surface area contributed by atoms with Crippen molar-refractivity contribution >= 4 is 50.0 Å². The molecule has 2 unspecified atom stereocenters. The van der Waals surface area contributed by atoms with Crippen molar-refractivity contribution in [3.63, 3.8) is 0 Å². The largest absolute Gasteiger partial charge is 0.419 e. The lowest BCUT2D eigenvalue weighted by atomic mass is 10.3. The van der Waals surface area contributed by atoms with Crippen molar-refractivity contribution < 1.29 is 33.4 Å². The smallest absolute Gasteiger partial charge is 0.417 e. The van der Waals surface area contributed by atoms with Crippen LogP contribution in [0.1, 0.15) is 0 Å². The fourth-order valence-corrected chi connectivity index (χ4v) is 4.20. The van der Waals surface area contributed by atoms with Gasteiger partial charge in [0.05, 0.1) is 10.0 Å². The quantitative estimate of drug-likeness (QED) is 0.600. The van der Waals surface area contributed by atoms with E-state index in [0.29, 0.717) is 0 Å². The van der Waals surface area contributed by atoms with Gasteiger partial charge in [-0.15, -0.1) is 0 Å². The molecule has 0 radical (unpaired) electrons. The lowest BCUT2D eigenvalue weighted by Crippen LogP contribution is -2.12. The molecule has 0 heterocycles. The first-order chi connectivity index (χ1) is 8.45. The lowest BCUT2D eigenvalue weighted by Gasteiger charge is -2.20. The van der Waals surface area contributed by atoms with Gasteiger partial charge in [0, 0.05) is 5.02 Å². The molecule has 0 fully saturated rings. The fourth-order valence-electron chi connectivity index (χ4n) is 0.984. The molecule has 2 atom stereocenters. The third kappa shape index (κ3) is 4.33. The predicted molar refractivity (Wildman–Crippen MR) is 70.0 cm³/mol. The summed E-state index contributed by atoms with van der Waals surface area (Å²) in [5, 5.41) is 8.69. The van der Waals surface area contributed by atoms with Gasteiger partial charge in [0.2, 0.25) is 0 Å². The Bertz CT molecular complexity index is 563. The molecule has 0 saturated carbocycles. The van der Waals surface area contributed by atoms with E-state index in [2.05, 4.69) is 4.52 Å². The molecule has 12 heteroatoms. The SMILES string of the molecule is O=P(O)(O)C(O)P(=O)(O)Oc1c(Cl)cc(Cl)cc1Cl. The van der Waals surface area contributed by atoms with Crippen LogP contribution in [0.4, 0.5) is 0 Å². The highest BCUT2D eigenvalue weighted by atomic mass is 35.5. The molecule has 0 aliphatic heterocycles. The number of halogens is 3. The molecule has 0 amide bonds. The van der Waals surface area contributed by atoms with Crippen molar-refractivity contribution in [3.8, 4) is 5.75 Å². The van der Waals surface area contributed by atoms with Crippen molar-refractivity contribution in [1.29, 1.82) is 0 Å². The fraction of sp³-hybridized carbons (Fsp3) is 0.143. The Morgan fingerprint density at radius 2 is 1.47 bits per heavy atom. The van der Waals surface area contributed by atoms with Crippen LogP contribution in [-0.4, -0.2) is 25.4 Å². The van der Waals surface area contributed by atoms with Crippen LogP contribution in [0.5, 0.6) is 5.75 Å². The van der Waals surface area contributed by atoms with Crippen molar-refractivity contribution in [2.45, 2.75) is 5.59 Å². The first kappa shape index (κ1) is 17.2. The van der Waals surface area contributed by atoms with Gasteiger partial charge in [-0.2, -0.15) is 0 Å². The third-order valence-electron chi connectivity index (χ3n) is 1.78. The summed E-state index contributed by atoms with van der Waals surface area (Å²) in [6, 6.07) is 2.27. The molecule has 7 nitrogen and oxygen atoms in total. The van der Waals surface area contributed by atoms with Gasteiger partial charge in [0.25, 0.3) is 5.59 Å². The van der Waals surface area contributed by atoms with Gasteiger partial charge in [-0.3, -0.25) is 4.57 Å². The molecular weight excluding hydrogens is 364 g/mol. The van der Waals surface area contributed by atoms with Crippen molar-refractivity contribution in [2.24, 2.45) is 0 Å². The summed E-state index contributed by atoms with van der Waals surface area (Å²) in [6.07, 6.45) is 0. The van der Waals surface area contributed by atoms with Gasteiger partial charge in [0.1, 0.15) is 0 Å². The molecule has 4 N–H and O–H groups in total. The number of benzene rings is 1. The maximum absolute atomic E-state index is 11.6. The highest BCUT2D eigenvalue weighted by Crippen LogP contribution is 2.62. The highest BCUT2D eigenvalue weighted by Gasteiger charge is 2.46. The molecule has 0 aromatic heterocycles. The summed E-state index contributed by atoms with van der Waals surface area (Å²) in [4.78, 5) is 26.6. The molecule has 1 aromatic rings. The molecule has 1 rings (SSSR count). The van der Waals surface area contributed by atoms with Gasteiger partial charge in [-0.25, -0.2) is 4.57 Å². The van der Waals surface area contributed by atoms with Crippen LogP contribution < -0.4 is 4.52 Å². The zero-order valence-electron chi connectivity index (χ0n) is 8.77. The maximum Gasteiger partial charge on any atom is 0.417 e. The van der Waals surface area contributed by atoms with Gasteiger partial charge in [0.15, 0.2) is 5.75 Å². The van der Waals surface area contributed by atoms with E-state index in [1.807, 2.05) is 0 Å². The Balaban J connectivity index is 3.16. The third-order valence-corrected chi connectivity index (χ3v) is 5.97. The second-order valence-electron chi connectivity index (χ2n) is 3.29. The first-order valence-corrected chi connectivity index (χ1v) is 8.81. The number of hydrogen-bond donors (Lipinski definition) is 4. The topological polar surface area (TPSA) is 124 Å². The Labute approximate surface area is 122 Å². The lowest BCUT2D eigenvalue weighted by molar-refractivity contribution is 0.223. The Kier molecular flexibility index (Phi) is 5.35. The molecule has 0 spiro atoms. The van der Waals surface area contributed by atoms with Crippen LogP contribution in [0, 0.1) is 0 Å². The summed E-state index contributed by atoms with van der Waals surface area (Å²) < 4.78 is 26.8. The van der Waals surface area contributed by atoms with Crippen molar-refractivity contribution in [3.05, 3.63) is 27.2 Å². The van der Waals surface area contributed by atoms with E-state index in [9.17, 15) is 14.0 Å². The number of aliphatic hydroxyl groups excluding tert-OH is 1. The predicted octanol–water partition coefficient (Wildman–Crippen LogP) is 2.66. The zero-order chi connectivity index (χ0) is 15.0. The summed E-state index contributed by atoms with van der Waals surface area (Å²) in [7, 11) is -10.4. The molecule has 0 aliphatic rings. The Morgan fingerprint density at radius 3 is 1.84 bits per heavy atom. The van der Waals surface area contributed by atoms with Crippen LogP contribution in [0.2, 0.25) is 15.1 Å². The Morgan fingerprint density at radius 1 is 1.05 bits per heavy atom. The second kappa shape index (κ2) is 5.90. The van der Waals surface area contributed by atoms with Crippen LogP contribution >= 0.6 is 50.0 Å². The van der Waals surface area contributed by atoms with E-state index in [1.165, 1.54) is 0 Å². The van der Waals surface area contributed by atoms with E-state index in [0.717, 1.165) is 12.1 Å². The molecule has 108 valence electrons. The highest BCUT2D eigenvalue weighted by molar-refractivity contribution is 7.71. The summed E-state index contributed by atoms with van der Waals surface area (Å²) in [5.74, 6) is -0.522. The van der Waals surface area contributed by atoms with E-state index in [4.69, 9.17) is 49.7 Å². The molecular formula is C7H7Cl3O7P2. The molecule has 0 bridgehead atoms. The van der Waals surface area contributed by atoms with Gasteiger partial charge in [-0.1, -0.05) is 34.8 Å². The van der Waals surface area contributed by atoms with Gasteiger partial charge in [-0.05, 0) is 12.1 Å². The van der Waals surface area contributed by atoms with E-state index >= 15 is 0 Å². The minimum Gasteiger partial charge on any atom is -0.419 e. The monoisotopic (exact) mass is 370 g/mol. The molecule has 1 aromatic carbocycles. The van der Waals surface area contributed by atoms with E-state index in [1.54, 1.807) is 0 Å². The summed E-state index contributed by atoms with van der Waals surface area (Å²) >= 11 is 16.9.